The molecule has 17 heavy (non-hydrogen) atoms. The normalized spacial score (nSPS) is 11.9. The summed E-state index contributed by atoms with van der Waals surface area (Å²) in [6, 6.07) is 7.81. The smallest absolute Gasteiger partial charge is 0.224 e. The van der Waals surface area contributed by atoms with E-state index in [1.54, 1.807) is 6.92 Å². The molecule has 4 nitrogen and oxygen atoms in total. The maximum atomic E-state index is 11.4. The van der Waals surface area contributed by atoms with Crippen LogP contribution in [0.15, 0.2) is 24.3 Å². The van der Waals surface area contributed by atoms with Crippen LogP contribution in [0.25, 0.3) is 0 Å². The average molecular weight is 236 g/mol. The Balaban J connectivity index is 2.20. The zero-order valence-corrected chi connectivity index (χ0v) is 10.4. The fraction of sp³-hybridized carbons (Fsp3) is 0.462. The van der Waals surface area contributed by atoms with Crippen molar-refractivity contribution in [3.8, 4) is 5.75 Å². The molecule has 0 radical (unpaired) electrons. The lowest BCUT2D eigenvalue weighted by atomic mass is 10.2. The minimum Gasteiger partial charge on any atom is -0.492 e. The Kier molecular flexibility index (Phi) is 5.49. The fourth-order valence-electron chi connectivity index (χ4n) is 1.26. The Hall–Kier alpha value is -1.55. The Morgan fingerprint density at radius 3 is 2.65 bits per heavy atom. The molecule has 1 amide bonds. The van der Waals surface area contributed by atoms with Gasteiger partial charge in [0.15, 0.2) is 0 Å². The molecule has 0 aliphatic carbocycles. The highest BCUT2D eigenvalue weighted by atomic mass is 16.5. The van der Waals surface area contributed by atoms with Gasteiger partial charge in [-0.05, 0) is 19.1 Å². The summed E-state index contributed by atoms with van der Waals surface area (Å²) in [7, 11) is 0. The second kappa shape index (κ2) is 6.91. The van der Waals surface area contributed by atoms with E-state index in [1.807, 2.05) is 31.2 Å². The van der Waals surface area contributed by atoms with Gasteiger partial charge in [-0.3, -0.25) is 4.79 Å². The van der Waals surface area contributed by atoms with Gasteiger partial charge in [0.05, 0.1) is 6.54 Å². The van der Waals surface area contributed by atoms with Crippen molar-refractivity contribution in [3.63, 3.8) is 0 Å². The van der Waals surface area contributed by atoms with Crippen LogP contribution in [0.4, 0.5) is 0 Å². The molecule has 94 valence electrons. The number of rotatable bonds is 6. The van der Waals surface area contributed by atoms with Gasteiger partial charge in [-0.25, -0.2) is 0 Å². The molecule has 0 saturated carbocycles. The molecule has 1 unspecified atom stereocenters. The Labute approximate surface area is 102 Å². The third-order valence-electron chi connectivity index (χ3n) is 2.49. The molecule has 0 aromatic heterocycles. The number of aryl methyl sites for hydroxylation is 1. The van der Waals surface area contributed by atoms with Crippen molar-refractivity contribution < 1.29 is 9.53 Å². The minimum atomic E-state index is -0.144. The van der Waals surface area contributed by atoms with Crippen molar-refractivity contribution in [3.05, 3.63) is 29.8 Å². The minimum absolute atomic E-state index is 0.0278. The van der Waals surface area contributed by atoms with Crippen LogP contribution in [-0.4, -0.2) is 25.6 Å². The zero-order valence-electron chi connectivity index (χ0n) is 10.4. The Morgan fingerprint density at radius 1 is 1.41 bits per heavy atom. The SMILES string of the molecule is Cc1ccc(OCCNC(=O)C(C)CN)cc1. The number of amides is 1. The quantitative estimate of drug-likeness (QED) is 0.727. The number of hydrogen-bond acceptors (Lipinski definition) is 3. The molecule has 1 atom stereocenters. The van der Waals surface area contributed by atoms with Crippen molar-refractivity contribution in [1.82, 2.24) is 5.32 Å². The number of hydrogen-bond donors (Lipinski definition) is 2. The predicted octanol–water partition coefficient (Wildman–Crippen LogP) is 1.08. The van der Waals surface area contributed by atoms with Crippen LogP contribution >= 0.6 is 0 Å². The van der Waals surface area contributed by atoms with Crippen molar-refractivity contribution >= 4 is 5.91 Å². The topological polar surface area (TPSA) is 64.3 Å². The van der Waals surface area contributed by atoms with Crippen molar-refractivity contribution in [2.45, 2.75) is 13.8 Å². The highest BCUT2D eigenvalue weighted by Gasteiger charge is 2.09. The molecule has 3 N–H and O–H groups in total. The number of nitrogens with two attached hydrogens (primary N) is 1. The van der Waals surface area contributed by atoms with E-state index in [-0.39, 0.29) is 11.8 Å². The highest BCUT2D eigenvalue weighted by Crippen LogP contribution is 2.10. The molecule has 1 aromatic rings. The second-order valence-electron chi connectivity index (χ2n) is 4.09. The molecule has 0 fully saturated rings. The largest absolute Gasteiger partial charge is 0.492 e. The van der Waals surface area contributed by atoms with E-state index in [2.05, 4.69) is 5.32 Å². The van der Waals surface area contributed by atoms with Crippen molar-refractivity contribution in [1.29, 1.82) is 0 Å². The fourth-order valence-corrected chi connectivity index (χ4v) is 1.26. The number of ether oxygens (including phenoxy) is 1. The monoisotopic (exact) mass is 236 g/mol. The molecule has 0 heterocycles. The summed E-state index contributed by atoms with van der Waals surface area (Å²) >= 11 is 0. The summed E-state index contributed by atoms with van der Waals surface area (Å²) in [4.78, 5) is 11.4. The van der Waals surface area contributed by atoms with Gasteiger partial charge >= 0.3 is 0 Å². The molecule has 1 rings (SSSR count). The lowest BCUT2D eigenvalue weighted by Gasteiger charge is -2.10. The molecule has 0 bridgehead atoms. The first kappa shape index (κ1) is 13.5. The van der Waals surface area contributed by atoms with Crippen LogP contribution in [0.1, 0.15) is 12.5 Å². The number of benzene rings is 1. The van der Waals surface area contributed by atoms with Gasteiger partial charge in [-0.15, -0.1) is 0 Å². The van der Waals surface area contributed by atoms with Crippen LogP contribution in [0.2, 0.25) is 0 Å². The summed E-state index contributed by atoms with van der Waals surface area (Å²) in [6.45, 7) is 5.15. The zero-order chi connectivity index (χ0) is 12.7. The van der Waals surface area contributed by atoms with Crippen molar-refractivity contribution in [2.75, 3.05) is 19.7 Å². The first-order chi connectivity index (χ1) is 8.13. The van der Waals surface area contributed by atoms with E-state index in [0.717, 1.165) is 5.75 Å². The van der Waals surface area contributed by atoms with E-state index in [9.17, 15) is 4.79 Å². The second-order valence-corrected chi connectivity index (χ2v) is 4.09. The number of carbonyl (C=O) groups is 1. The summed E-state index contributed by atoms with van der Waals surface area (Å²) in [6.07, 6.45) is 0. The van der Waals surface area contributed by atoms with Gasteiger partial charge in [0, 0.05) is 12.5 Å². The molecule has 0 aliphatic heterocycles. The molecule has 4 heteroatoms. The Morgan fingerprint density at radius 2 is 2.06 bits per heavy atom. The van der Waals surface area contributed by atoms with E-state index < -0.39 is 0 Å². The molecule has 0 saturated heterocycles. The maximum Gasteiger partial charge on any atom is 0.224 e. The molecule has 0 aliphatic rings. The predicted molar refractivity (Wildman–Crippen MR) is 67.9 cm³/mol. The number of nitrogens with one attached hydrogen (secondary N) is 1. The van der Waals surface area contributed by atoms with Crippen LogP contribution in [0.3, 0.4) is 0 Å². The summed E-state index contributed by atoms with van der Waals surface area (Å²) in [5.74, 6) is 0.645. The van der Waals surface area contributed by atoms with Crippen LogP contribution in [0.5, 0.6) is 5.75 Å². The maximum absolute atomic E-state index is 11.4. The number of carbonyl (C=O) groups excluding carboxylic acids is 1. The van der Waals surface area contributed by atoms with Crippen molar-refractivity contribution in [2.24, 2.45) is 11.7 Å². The van der Waals surface area contributed by atoms with E-state index in [4.69, 9.17) is 10.5 Å². The third-order valence-corrected chi connectivity index (χ3v) is 2.49. The lowest BCUT2D eigenvalue weighted by Crippen LogP contribution is -2.35. The van der Waals surface area contributed by atoms with Gasteiger partial charge in [0.2, 0.25) is 5.91 Å². The summed E-state index contributed by atoms with van der Waals surface area (Å²) in [5.41, 5.74) is 6.59. The Bertz CT molecular complexity index is 349. The lowest BCUT2D eigenvalue weighted by molar-refractivity contribution is -0.124. The average Bonchev–Trinajstić information content (AvgIpc) is 2.35. The van der Waals surface area contributed by atoms with E-state index in [0.29, 0.717) is 19.7 Å². The molecular formula is C13H20N2O2. The van der Waals surface area contributed by atoms with Crippen LogP contribution in [0, 0.1) is 12.8 Å². The molecule has 0 spiro atoms. The van der Waals surface area contributed by atoms with Gasteiger partial charge < -0.3 is 15.8 Å². The first-order valence-electron chi connectivity index (χ1n) is 5.80. The van der Waals surface area contributed by atoms with Crippen LogP contribution in [-0.2, 0) is 4.79 Å². The first-order valence-corrected chi connectivity index (χ1v) is 5.80. The van der Waals surface area contributed by atoms with E-state index >= 15 is 0 Å². The highest BCUT2D eigenvalue weighted by molar-refractivity contribution is 5.78. The van der Waals surface area contributed by atoms with E-state index in [1.165, 1.54) is 5.56 Å². The molecule has 1 aromatic carbocycles. The van der Waals surface area contributed by atoms with Crippen LogP contribution < -0.4 is 15.8 Å². The van der Waals surface area contributed by atoms with Gasteiger partial charge in [0.1, 0.15) is 12.4 Å². The summed E-state index contributed by atoms with van der Waals surface area (Å²) < 4.78 is 5.48. The molecular weight excluding hydrogens is 216 g/mol. The third kappa shape index (κ3) is 4.87. The van der Waals surface area contributed by atoms with Gasteiger partial charge in [-0.1, -0.05) is 24.6 Å². The summed E-state index contributed by atoms with van der Waals surface area (Å²) in [5, 5.41) is 2.77. The van der Waals surface area contributed by atoms with Gasteiger partial charge in [-0.2, -0.15) is 0 Å². The standard InChI is InChI=1S/C13H20N2O2/c1-10-3-5-12(6-4-10)17-8-7-15-13(16)11(2)9-14/h3-6,11H,7-9,14H2,1-2H3,(H,15,16). The van der Waals surface area contributed by atoms with Gasteiger partial charge in [0.25, 0.3) is 0 Å².